The van der Waals surface area contributed by atoms with Gasteiger partial charge in [0.2, 0.25) is 10.0 Å². The van der Waals surface area contributed by atoms with Crippen LogP contribution in [0.5, 0.6) is 0 Å². The molecule has 1 aromatic rings. The first-order valence-electron chi connectivity index (χ1n) is 7.41. The van der Waals surface area contributed by atoms with Crippen LogP contribution < -0.4 is 4.72 Å². The molecule has 1 saturated heterocycles. The van der Waals surface area contributed by atoms with Crippen molar-refractivity contribution in [2.24, 2.45) is 0 Å². The molecule has 1 aliphatic heterocycles. The molecule has 116 valence electrons. The van der Waals surface area contributed by atoms with Crippen LogP contribution in [0, 0.1) is 12.7 Å². The van der Waals surface area contributed by atoms with Gasteiger partial charge in [-0.05, 0) is 56.9 Å². The Balaban J connectivity index is 1.72. The summed E-state index contributed by atoms with van der Waals surface area (Å²) in [5.41, 5.74) is 0.345. The Morgan fingerprint density at radius 3 is 2.67 bits per heavy atom. The lowest BCUT2D eigenvalue weighted by atomic mass is 10.2. The maximum absolute atomic E-state index is 13.3. The molecule has 1 aliphatic carbocycles. The quantitative estimate of drug-likeness (QED) is 0.925. The fraction of sp³-hybridized carbons (Fsp3) is 0.600. The standard InChI is InChI=1S/C15H21FN2O2S/c1-10-7-14(5-6-15(10)16)21(19,20)17-12-8-11(2)18(9-12)13-3-4-13/h5-7,11-13,17H,3-4,8-9H2,1-2H3/t11-,12+/m1/s1. The van der Waals surface area contributed by atoms with Crippen molar-refractivity contribution >= 4 is 10.0 Å². The van der Waals surface area contributed by atoms with Gasteiger partial charge in [-0.15, -0.1) is 0 Å². The molecule has 6 heteroatoms. The molecule has 2 atom stereocenters. The number of benzene rings is 1. The highest BCUT2D eigenvalue weighted by atomic mass is 32.2. The minimum Gasteiger partial charge on any atom is -0.296 e. The lowest BCUT2D eigenvalue weighted by molar-refractivity contribution is 0.256. The zero-order valence-electron chi connectivity index (χ0n) is 12.3. The van der Waals surface area contributed by atoms with Gasteiger partial charge in [0.15, 0.2) is 0 Å². The average molecular weight is 312 g/mol. The molecule has 1 aromatic carbocycles. The fourth-order valence-electron chi connectivity index (χ4n) is 3.13. The number of nitrogens with zero attached hydrogens (tertiary/aromatic N) is 1. The third-order valence-electron chi connectivity index (χ3n) is 4.40. The van der Waals surface area contributed by atoms with Crippen molar-refractivity contribution in [3.8, 4) is 0 Å². The van der Waals surface area contributed by atoms with Crippen LogP contribution in [-0.2, 0) is 10.0 Å². The normalized spacial score (nSPS) is 27.2. The van der Waals surface area contributed by atoms with E-state index < -0.39 is 10.0 Å². The highest BCUT2D eigenvalue weighted by Gasteiger charge is 2.39. The van der Waals surface area contributed by atoms with E-state index in [1.54, 1.807) is 6.92 Å². The second-order valence-corrected chi connectivity index (χ2v) is 7.96. The van der Waals surface area contributed by atoms with Crippen LogP contribution in [-0.4, -0.2) is 38.0 Å². The molecule has 0 unspecified atom stereocenters. The number of aryl methyl sites for hydroxylation is 1. The summed E-state index contributed by atoms with van der Waals surface area (Å²) in [6, 6.07) is 4.91. The Morgan fingerprint density at radius 1 is 1.33 bits per heavy atom. The largest absolute Gasteiger partial charge is 0.296 e. The van der Waals surface area contributed by atoms with Gasteiger partial charge >= 0.3 is 0 Å². The molecule has 0 bridgehead atoms. The Bertz CT molecular complexity index is 643. The van der Waals surface area contributed by atoms with E-state index in [2.05, 4.69) is 16.5 Å². The van der Waals surface area contributed by atoms with Crippen molar-refractivity contribution in [2.45, 2.75) is 56.1 Å². The number of sulfonamides is 1. The lowest BCUT2D eigenvalue weighted by Crippen LogP contribution is -2.37. The molecular weight excluding hydrogens is 291 g/mol. The Morgan fingerprint density at radius 2 is 2.05 bits per heavy atom. The van der Waals surface area contributed by atoms with Gasteiger partial charge < -0.3 is 0 Å². The van der Waals surface area contributed by atoms with Crippen molar-refractivity contribution in [1.82, 2.24) is 9.62 Å². The summed E-state index contributed by atoms with van der Waals surface area (Å²) in [6.45, 7) is 4.49. The molecule has 4 nitrogen and oxygen atoms in total. The zero-order chi connectivity index (χ0) is 15.2. The van der Waals surface area contributed by atoms with Gasteiger partial charge in [0.25, 0.3) is 0 Å². The maximum Gasteiger partial charge on any atom is 0.240 e. The third-order valence-corrected chi connectivity index (χ3v) is 5.92. The van der Waals surface area contributed by atoms with Gasteiger partial charge in [0, 0.05) is 24.7 Å². The Labute approximate surface area is 125 Å². The average Bonchev–Trinajstić information content (AvgIpc) is 3.17. The van der Waals surface area contributed by atoms with E-state index in [1.807, 2.05) is 0 Å². The van der Waals surface area contributed by atoms with Crippen LogP contribution in [0.3, 0.4) is 0 Å². The summed E-state index contributed by atoms with van der Waals surface area (Å²) in [6.07, 6.45) is 3.28. The van der Waals surface area contributed by atoms with Crippen LogP contribution in [0.2, 0.25) is 0 Å². The van der Waals surface area contributed by atoms with Gasteiger partial charge in [-0.3, -0.25) is 4.90 Å². The summed E-state index contributed by atoms with van der Waals surface area (Å²) in [4.78, 5) is 2.53. The van der Waals surface area contributed by atoms with Crippen molar-refractivity contribution in [1.29, 1.82) is 0 Å². The number of rotatable bonds is 4. The molecular formula is C15H21FN2O2S. The first-order valence-corrected chi connectivity index (χ1v) is 8.89. The number of likely N-dealkylation sites (tertiary alicyclic amines) is 1. The third kappa shape index (κ3) is 3.12. The van der Waals surface area contributed by atoms with Gasteiger partial charge in [-0.2, -0.15) is 0 Å². The number of nitrogens with one attached hydrogen (secondary N) is 1. The zero-order valence-corrected chi connectivity index (χ0v) is 13.2. The van der Waals surface area contributed by atoms with E-state index in [9.17, 15) is 12.8 Å². The molecule has 1 saturated carbocycles. The number of hydrogen-bond donors (Lipinski definition) is 1. The minimum absolute atomic E-state index is 0.0593. The summed E-state index contributed by atoms with van der Waals surface area (Å²) < 4.78 is 40.8. The molecule has 0 spiro atoms. The molecule has 21 heavy (non-hydrogen) atoms. The number of halogens is 1. The predicted molar refractivity (Wildman–Crippen MR) is 79.1 cm³/mol. The van der Waals surface area contributed by atoms with Crippen LogP contribution >= 0.6 is 0 Å². The Kier molecular flexibility index (Phi) is 3.80. The minimum atomic E-state index is -3.58. The molecule has 3 rings (SSSR count). The highest BCUT2D eigenvalue weighted by molar-refractivity contribution is 7.89. The van der Waals surface area contributed by atoms with Crippen molar-refractivity contribution in [2.75, 3.05) is 6.54 Å². The lowest BCUT2D eigenvalue weighted by Gasteiger charge is -2.19. The molecule has 0 amide bonds. The van der Waals surface area contributed by atoms with Crippen LogP contribution in [0.1, 0.15) is 31.7 Å². The van der Waals surface area contributed by atoms with Gasteiger partial charge in [0.1, 0.15) is 5.82 Å². The maximum atomic E-state index is 13.3. The first kappa shape index (κ1) is 14.9. The smallest absolute Gasteiger partial charge is 0.240 e. The SMILES string of the molecule is Cc1cc(S(=O)(=O)N[C@H]2C[C@@H](C)N(C3CC3)C2)ccc1F. The van der Waals surface area contributed by atoms with E-state index >= 15 is 0 Å². The second kappa shape index (κ2) is 5.34. The second-order valence-electron chi connectivity index (χ2n) is 6.24. The predicted octanol–water partition coefficient (Wildman–Crippen LogP) is 2.04. The van der Waals surface area contributed by atoms with E-state index in [0.29, 0.717) is 17.6 Å². The summed E-state index contributed by atoms with van der Waals surface area (Å²) in [5, 5.41) is 0. The monoisotopic (exact) mass is 312 g/mol. The van der Waals surface area contributed by atoms with E-state index in [-0.39, 0.29) is 16.8 Å². The van der Waals surface area contributed by atoms with Gasteiger partial charge in [-0.25, -0.2) is 17.5 Å². The molecule has 1 heterocycles. The molecule has 2 aliphatic rings. The van der Waals surface area contributed by atoms with Crippen molar-refractivity contribution in [3.63, 3.8) is 0 Å². The van der Waals surface area contributed by atoms with Crippen LogP contribution in [0.4, 0.5) is 4.39 Å². The highest BCUT2D eigenvalue weighted by Crippen LogP contribution is 2.33. The number of hydrogen-bond acceptors (Lipinski definition) is 3. The summed E-state index contributed by atoms with van der Waals surface area (Å²) in [5.74, 6) is -0.386. The van der Waals surface area contributed by atoms with Crippen LogP contribution in [0.15, 0.2) is 23.1 Å². The first-order chi connectivity index (χ1) is 9.87. The Hall–Kier alpha value is -0.980. The van der Waals surface area contributed by atoms with Crippen molar-refractivity contribution in [3.05, 3.63) is 29.6 Å². The van der Waals surface area contributed by atoms with Gasteiger partial charge in [-0.1, -0.05) is 0 Å². The topological polar surface area (TPSA) is 49.4 Å². The van der Waals surface area contributed by atoms with E-state index in [1.165, 1.54) is 31.0 Å². The molecule has 0 aromatic heterocycles. The van der Waals surface area contributed by atoms with Crippen LogP contribution in [0.25, 0.3) is 0 Å². The van der Waals surface area contributed by atoms with E-state index in [0.717, 1.165) is 13.0 Å². The molecule has 2 fully saturated rings. The summed E-state index contributed by atoms with van der Waals surface area (Å²) in [7, 11) is -3.58. The van der Waals surface area contributed by atoms with Crippen molar-refractivity contribution < 1.29 is 12.8 Å². The molecule has 0 radical (unpaired) electrons. The van der Waals surface area contributed by atoms with Gasteiger partial charge in [0.05, 0.1) is 4.90 Å². The fourth-order valence-corrected chi connectivity index (χ4v) is 4.45. The molecule has 1 N–H and O–H groups in total. The van der Waals surface area contributed by atoms with E-state index in [4.69, 9.17) is 0 Å². The summed E-state index contributed by atoms with van der Waals surface area (Å²) >= 11 is 0.